The monoisotopic (exact) mass is 434 g/mol. The van der Waals surface area contributed by atoms with Crippen LogP contribution in [0.5, 0.6) is 0 Å². The van der Waals surface area contributed by atoms with Gasteiger partial charge in [-0.2, -0.15) is 4.37 Å². The smallest absolute Gasteiger partial charge is 0.340 e. The lowest BCUT2D eigenvalue weighted by atomic mass is 9.98. The average molecular weight is 435 g/mol. The summed E-state index contributed by atoms with van der Waals surface area (Å²) in [5, 5.41) is 23.8. The van der Waals surface area contributed by atoms with E-state index < -0.39 is 5.97 Å². The van der Waals surface area contributed by atoms with Crippen molar-refractivity contribution in [2.45, 2.75) is 26.8 Å². The molecule has 2 aromatic carbocycles. The van der Waals surface area contributed by atoms with Gasteiger partial charge in [0.2, 0.25) is 0 Å². The number of benzene rings is 2. The first-order valence-corrected chi connectivity index (χ1v) is 10.7. The molecule has 0 aliphatic heterocycles. The third kappa shape index (κ3) is 4.31. The van der Waals surface area contributed by atoms with Crippen molar-refractivity contribution in [2.75, 3.05) is 11.4 Å². The quantitative estimate of drug-likeness (QED) is 0.423. The number of anilines is 1. The van der Waals surface area contributed by atoms with E-state index in [1.807, 2.05) is 29.2 Å². The lowest BCUT2D eigenvalue weighted by molar-refractivity contribution is 0.0697. The summed E-state index contributed by atoms with van der Waals surface area (Å²) in [6.45, 7) is 5.19. The van der Waals surface area contributed by atoms with Gasteiger partial charge in [-0.3, -0.25) is 0 Å². The molecule has 0 saturated heterocycles. The number of H-pyrrole nitrogens is 1. The molecule has 0 aliphatic carbocycles. The Morgan fingerprint density at radius 1 is 1.13 bits per heavy atom. The van der Waals surface area contributed by atoms with Crippen molar-refractivity contribution in [3.8, 4) is 22.5 Å². The van der Waals surface area contributed by atoms with Crippen LogP contribution in [-0.2, 0) is 6.54 Å². The third-order valence-electron chi connectivity index (χ3n) is 5.02. The second-order valence-electron chi connectivity index (χ2n) is 7.16. The van der Waals surface area contributed by atoms with E-state index in [1.54, 1.807) is 6.92 Å². The molecule has 31 heavy (non-hydrogen) atoms. The number of nitrogens with zero attached hydrogens (tertiary/aromatic N) is 5. The second kappa shape index (κ2) is 9.05. The van der Waals surface area contributed by atoms with Crippen LogP contribution < -0.4 is 4.90 Å². The van der Waals surface area contributed by atoms with Crippen LogP contribution in [0.25, 0.3) is 22.5 Å². The highest BCUT2D eigenvalue weighted by Gasteiger charge is 2.22. The van der Waals surface area contributed by atoms with Crippen LogP contribution in [0.1, 0.15) is 34.1 Å². The summed E-state index contributed by atoms with van der Waals surface area (Å²) in [7, 11) is 0. The molecule has 9 heteroatoms. The summed E-state index contributed by atoms with van der Waals surface area (Å²) >= 11 is 1.23. The number of tetrazole rings is 1. The van der Waals surface area contributed by atoms with Gasteiger partial charge in [0, 0.05) is 23.5 Å². The number of rotatable bonds is 8. The number of aromatic carboxylic acids is 1. The molecule has 2 heterocycles. The first-order valence-electron chi connectivity index (χ1n) is 9.95. The van der Waals surface area contributed by atoms with Crippen molar-refractivity contribution in [1.29, 1.82) is 0 Å². The minimum absolute atomic E-state index is 0.296. The molecule has 4 rings (SSSR count). The Morgan fingerprint density at radius 2 is 1.87 bits per heavy atom. The minimum atomic E-state index is -0.934. The topological polar surface area (TPSA) is 108 Å². The van der Waals surface area contributed by atoms with Crippen molar-refractivity contribution in [3.63, 3.8) is 0 Å². The van der Waals surface area contributed by atoms with Gasteiger partial charge in [0.15, 0.2) is 11.6 Å². The van der Waals surface area contributed by atoms with Crippen molar-refractivity contribution in [2.24, 2.45) is 0 Å². The largest absolute Gasteiger partial charge is 0.478 e. The first kappa shape index (κ1) is 20.7. The maximum atomic E-state index is 11.7. The van der Waals surface area contributed by atoms with Crippen LogP contribution in [-0.4, -0.2) is 42.6 Å². The zero-order valence-corrected chi connectivity index (χ0v) is 18.1. The molecule has 0 atom stereocenters. The summed E-state index contributed by atoms with van der Waals surface area (Å²) < 4.78 is 4.42. The Hall–Kier alpha value is -3.59. The molecule has 158 valence electrons. The zero-order valence-electron chi connectivity index (χ0n) is 17.2. The Balaban J connectivity index is 1.61. The van der Waals surface area contributed by atoms with Crippen LogP contribution in [0.3, 0.4) is 0 Å². The number of carbonyl (C=O) groups is 1. The summed E-state index contributed by atoms with van der Waals surface area (Å²) in [5.41, 5.74) is 4.38. The van der Waals surface area contributed by atoms with Crippen molar-refractivity contribution in [3.05, 3.63) is 64.5 Å². The fourth-order valence-corrected chi connectivity index (χ4v) is 4.28. The van der Waals surface area contributed by atoms with E-state index >= 15 is 0 Å². The molecular weight excluding hydrogens is 412 g/mol. The van der Waals surface area contributed by atoms with E-state index in [4.69, 9.17) is 0 Å². The van der Waals surface area contributed by atoms with E-state index in [-0.39, 0.29) is 0 Å². The number of nitrogens with one attached hydrogen (secondary N) is 1. The molecule has 0 saturated carbocycles. The maximum Gasteiger partial charge on any atom is 0.340 e. The molecule has 0 radical (unpaired) electrons. The van der Waals surface area contributed by atoms with Gasteiger partial charge in [-0.15, -0.1) is 5.10 Å². The predicted octanol–water partition coefficient (Wildman–Crippen LogP) is 4.41. The molecule has 2 N–H and O–H groups in total. The number of carboxylic acids is 1. The minimum Gasteiger partial charge on any atom is -0.478 e. The van der Waals surface area contributed by atoms with E-state index in [0.29, 0.717) is 23.8 Å². The van der Waals surface area contributed by atoms with E-state index in [0.717, 1.165) is 40.1 Å². The van der Waals surface area contributed by atoms with Crippen molar-refractivity contribution in [1.82, 2.24) is 25.0 Å². The van der Waals surface area contributed by atoms with Gasteiger partial charge >= 0.3 is 5.97 Å². The number of aromatic nitrogens is 5. The van der Waals surface area contributed by atoms with E-state index in [1.165, 1.54) is 11.5 Å². The predicted molar refractivity (Wildman–Crippen MR) is 120 cm³/mol. The number of aromatic amines is 1. The number of hydrogen-bond acceptors (Lipinski definition) is 7. The lowest BCUT2D eigenvalue weighted by Crippen LogP contribution is -2.25. The van der Waals surface area contributed by atoms with Crippen LogP contribution in [0.4, 0.5) is 5.82 Å². The summed E-state index contributed by atoms with van der Waals surface area (Å²) in [5.74, 6) is 0.231. The fraction of sp³-hybridized carbons (Fsp3) is 0.227. The number of aryl methyl sites for hydroxylation is 1. The molecule has 4 aromatic rings. The number of hydrogen-bond donors (Lipinski definition) is 2. The molecule has 0 fully saturated rings. The zero-order chi connectivity index (χ0) is 21.8. The number of carboxylic acid groups (broad SMARTS) is 1. The van der Waals surface area contributed by atoms with Crippen LogP contribution in [0.15, 0.2) is 48.5 Å². The van der Waals surface area contributed by atoms with Crippen LogP contribution in [0, 0.1) is 6.92 Å². The normalized spacial score (nSPS) is 10.9. The highest BCUT2D eigenvalue weighted by molar-refractivity contribution is 7.06. The molecule has 0 spiro atoms. The Bertz CT molecular complexity index is 1170. The summed E-state index contributed by atoms with van der Waals surface area (Å²) in [6.07, 6.45) is 0.895. The second-order valence-corrected chi connectivity index (χ2v) is 8.13. The SMILES string of the molecule is CCCN(Cc1ccc(-c2ccccc2-c2nnn[nH]2)cc1)c1nsc(C)c1C(=O)O. The highest BCUT2D eigenvalue weighted by Crippen LogP contribution is 2.31. The van der Waals surface area contributed by atoms with Gasteiger partial charge < -0.3 is 10.0 Å². The lowest BCUT2D eigenvalue weighted by Gasteiger charge is -2.23. The fourth-order valence-electron chi connectivity index (χ4n) is 3.58. The Kier molecular flexibility index (Phi) is 6.03. The Morgan fingerprint density at radius 3 is 2.52 bits per heavy atom. The van der Waals surface area contributed by atoms with E-state index in [2.05, 4.69) is 56.2 Å². The first-order chi connectivity index (χ1) is 15.1. The molecule has 8 nitrogen and oxygen atoms in total. The van der Waals surface area contributed by atoms with Crippen molar-refractivity contribution < 1.29 is 9.90 Å². The van der Waals surface area contributed by atoms with Gasteiger partial charge in [0.05, 0.1) is 0 Å². The maximum absolute atomic E-state index is 11.7. The van der Waals surface area contributed by atoms with Crippen molar-refractivity contribution >= 4 is 23.3 Å². The molecule has 0 unspecified atom stereocenters. The van der Waals surface area contributed by atoms with Crippen LogP contribution >= 0.6 is 11.5 Å². The van der Waals surface area contributed by atoms with E-state index in [9.17, 15) is 9.90 Å². The van der Waals surface area contributed by atoms with Gasteiger partial charge in [-0.05, 0) is 52.0 Å². The standard InChI is InChI=1S/C22H22N6O2S/c1-3-12-28(21-19(22(29)30)14(2)31-25-21)13-15-8-10-16(11-9-15)17-6-4-5-7-18(17)20-23-26-27-24-20/h4-11H,3,12-13H2,1-2H3,(H,29,30)(H,23,24,26,27). The molecule has 0 aliphatic rings. The third-order valence-corrected chi connectivity index (χ3v) is 5.76. The molecule has 2 aromatic heterocycles. The average Bonchev–Trinajstić information content (AvgIpc) is 3.44. The summed E-state index contributed by atoms with van der Waals surface area (Å²) in [4.78, 5) is 14.5. The van der Waals surface area contributed by atoms with Gasteiger partial charge in [-0.25, -0.2) is 9.89 Å². The van der Waals surface area contributed by atoms with Gasteiger partial charge in [0.25, 0.3) is 0 Å². The molecular formula is C22H22N6O2S. The molecule has 0 amide bonds. The summed E-state index contributed by atoms with van der Waals surface area (Å²) in [6, 6.07) is 16.2. The Labute approximate surface area is 183 Å². The molecule has 0 bridgehead atoms. The van der Waals surface area contributed by atoms with Crippen LogP contribution in [0.2, 0.25) is 0 Å². The van der Waals surface area contributed by atoms with Gasteiger partial charge in [-0.1, -0.05) is 55.5 Å². The van der Waals surface area contributed by atoms with Gasteiger partial charge in [0.1, 0.15) is 5.56 Å². The highest BCUT2D eigenvalue weighted by atomic mass is 32.1.